The molecule has 0 spiro atoms. The number of anilines is 2. The fraction of sp³-hybridized carbons (Fsp3) is 0.0833. The van der Waals surface area contributed by atoms with Crippen LogP contribution in [0.1, 0.15) is 32.0 Å². The number of carbonyl (C=O) groups excluding carboxylic acids is 2. The monoisotopic (exact) mass is 481 g/mol. The van der Waals surface area contributed by atoms with Gasteiger partial charge in [-0.2, -0.15) is 0 Å². The van der Waals surface area contributed by atoms with E-state index < -0.39 is 5.91 Å². The quantitative estimate of drug-likeness (QED) is 0.372. The molecule has 5 rings (SSSR count). The van der Waals surface area contributed by atoms with Crippen LogP contribution in [0.3, 0.4) is 0 Å². The zero-order chi connectivity index (χ0) is 22.2. The van der Waals surface area contributed by atoms with Gasteiger partial charge < -0.3 is 9.88 Å². The molecule has 0 aliphatic carbocycles. The minimum atomic E-state index is -0.406. The number of thiophene rings is 1. The molecule has 0 saturated carbocycles. The lowest BCUT2D eigenvalue weighted by molar-refractivity contribution is 0.0984. The number of amides is 2. The van der Waals surface area contributed by atoms with Crippen molar-refractivity contribution in [3.05, 3.63) is 105 Å². The standard InChI is InChI=1S/C24H17Cl2N3O2S/c25-19-4-1-5-20(26)21(19)22(30)27-17-8-6-15(7-9-17)23(31)29-14-18-3-2-11-28(18)13-16-10-12-32-24(16)29/h1-12H,13-14H2,(H,27,30). The second-order valence-electron chi connectivity index (χ2n) is 7.40. The van der Waals surface area contributed by atoms with Crippen LogP contribution in [-0.4, -0.2) is 16.4 Å². The molecule has 0 atom stereocenters. The number of hydrogen-bond donors (Lipinski definition) is 1. The number of hydrogen-bond acceptors (Lipinski definition) is 3. The Balaban J connectivity index is 1.38. The van der Waals surface area contributed by atoms with E-state index in [0.29, 0.717) is 17.8 Å². The molecule has 0 fully saturated rings. The fourth-order valence-corrected chi connectivity index (χ4v) is 5.26. The van der Waals surface area contributed by atoms with Gasteiger partial charge in [-0.25, -0.2) is 0 Å². The van der Waals surface area contributed by atoms with Gasteiger partial charge in [0.15, 0.2) is 0 Å². The molecule has 32 heavy (non-hydrogen) atoms. The van der Waals surface area contributed by atoms with Gasteiger partial charge >= 0.3 is 0 Å². The Kier molecular flexibility index (Phi) is 5.51. The molecule has 3 heterocycles. The highest BCUT2D eigenvalue weighted by Gasteiger charge is 2.26. The van der Waals surface area contributed by atoms with Crippen molar-refractivity contribution in [2.45, 2.75) is 13.1 Å². The Labute approximate surface area is 198 Å². The maximum absolute atomic E-state index is 13.4. The van der Waals surface area contributed by atoms with Crippen LogP contribution >= 0.6 is 34.5 Å². The van der Waals surface area contributed by atoms with Gasteiger partial charge in [0.1, 0.15) is 5.00 Å². The van der Waals surface area contributed by atoms with Gasteiger partial charge in [0.05, 0.1) is 28.7 Å². The molecule has 0 saturated heterocycles. The molecule has 2 aromatic heterocycles. The average molecular weight is 482 g/mol. The van der Waals surface area contributed by atoms with Gasteiger partial charge in [-0.05, 0) is 60.0 Å². The van der Waals surface area contributed by atoms with Crippen molar-refractivity contribution in [3.63, 3.8) is 0 Å². The number of rotatable bonds is 3. The molecule has 1 N–H and O–H groups in total. The molecule has 2 aromatic carbocycles. The largest absolute Gasteiger partial charge is 0.345 e. The van der Waals surface area contributed by atoms with Crippen LogP contribution in [0.5, 0.6) is 0 Å². The summed E-state index contributed by atoms with van der Waals surface area (Å²) in [6.45, 7) is 1.25. The Bertz CT molecular complexity index is 1310. The zero-order valence-electron chi connectivity index (χ0n) is 16.7. The summed E-state index contributed by atoms with van der Waals surface area (Å²) < 4.78 is 2.16. The van der Waals surface area contributed by atoms with E-state index in [-0.39, 0.29) is 21.5 Å². The van der Waals surface area contributed by atoms with Crippen LogP contribution in [0.2, 0.25) is 10.0 Å². The predicted octanol–water partition coefficient (Wildman–Crippen LogP) is 6.32. The first kappa shape index (κ1) is 20.8. The number of halogens is 2. The van der Waals surface area contributed by atoms with Crippen LogP contribution in [0, 0.1) is 0 Å². The number of fused-ring (bicyclic) bond motifs is 2. The van der Waals surface area contributed by atoms with Crippen LogP contribution in [0.15, 0.2) is 72.2 Å². The highest BCUT2D eigenvalue weighted by molar-refractivity contribution is 7.14. The van der Waals surface area contributed by atoms with Gasteiger partial charge in [0.25, 0.3) is 11.8 Å². The van der Waals surface area contributed by atoms with Crippen LogP contribution < -0.4 is 10.2 Å². The van der Waals surface area contributed by atoms with Crippen molar-refractivity contribution in [1.29, 1.82) is 0 Å². The third-order valence-corrected chi connectivity index (χ3v) is 6.99. The molecule has 1 aliphatic heterocycles. The van der Waals surface area contributed by atoms with E-state index in [0.717, 1.165) is 22.8 Å². The lowest BCUT2D eigenvalue weighted by atomic mass is 10.1. The van der Waals surface area contributed by atoms with Gasteiger partial charge in [0.2, 0.25) is 0 Å². The summed E-state index contributed by atoms with van der Waals surface area (Å²) >= 11 is 13.8. The summed E-state index contributed by atoms with van der Waals surface area (Å²) in [5.74, 6) is -0.494. The number of nitrogens with one attached hydrogen (secondary N) is 1. The Morgan fingerprint density at radius 3 is 2.41 bits per heavy atom. The number of carbonyl (C=O) groups is 2. The summed E-state index contributed by atoms with van der Waals surface area (Å²) in [7, 11) is 0. The van der Waals surface area contributed by atoms with Gasteiger partial charge in [0, 0.05) is 28.7 Å². The zero-order valence-corrected chi connectivity index (χ0v) is 19.0. The molecular weight excluding hydrogens is 465 g/mol. The lowest BCUT2D eigenvalue weighted by Crippen LogP contribution is -2.29. The maximum atomic E-state index is 13.4. The Morgan fingerprint density at radius 2 is 1.66 bits per heavy atom. The predicted molar refractivity (Wildman–Crippen MR) is 129 cm³/mol. The molecular formula is C24H17Cl2N3O2S. The minimum absolute atomic E-state index is 0.0876. The number of benzene rings is 2. The molecule has 2 amide bonds. The molecule has 0 unspecified atom stereocenters. The topological polar surface area (TPSA) is 54.3 Å². The van der Waals surface area contributed by atoms with E-state index in [4.69, 9.17) is 23.2 Å². The summed E-state index contributed by atoms with van der Waals surface area (Å²) in [6.07, 6.45) is 2.04. The molecule has 160 valence electrons. The average Bonchev–Trinajstić information content (AvgIpc) is 3.39. The SMILES string of the molecule is O=C(Nc1ccc(C(=O)N2Cc3cccn3Cc3ccsc32)cc1)c1c(Cl)cccc1Cl. The smallest absolute Gasteiger partial charge is 0.259 e. The van der Waals surface area contributed by atoms with Crippen molar-refractivity contribution in [2.75, 3.05) is 10.2 Å². The normalized spacial score (nSPS) is 12.6. The first-order valence-electron chi connectivity index (χ1n) is 9.89. The van der Waals surface area contributed by atoms with Crippen molar-refractivity contribution >= 4 is 57.0 Å². The van der Waals surface area contributed by atoms with Gasteiger partial charge in [-0.3, -0.25) is 14.5 Å². The third kappa shape index (κ3) is 3.81. The van der Waals surface area contributed by atoms with Crippen molar-refractivity contribution in [3.8, 4) is 0 Å². The van der Waals surface area contributed by atoms with E-state index in [9.17, 15) is 9.59 Å². The summed E-state index contributed by atoms with van der Waals surface area (Å²) in [6, 6.07) is 17.8. The Morgan fingerprint density at radius 1 is 0.906 bits per heavy atom. The molecule has 8 heteroatoms. The van der Waals surface area contributed by atoms with Crippen molar-refractivity contribution in [1.82, 2.24) is 4.57 Å². The molecule has 4 aromatic rings. The minimum Gasteiger partial charge on any atom is -0.345 e. The fourth-order valence-electron chi connectivity index (χ4n) is 3.77. The van der Waals surface area contributed by atoms with E-state index in [1.807, 2.05) is 28.6 Å². The van der Waals surface area contributed by atoms with Gasteiger partial charge in [-0.15, -0.1) is 11.3 Å². The van der Waals surface area contributed by atoms with E-state index in [1.165, 1.54) is 0 Å². The van der Waals surface area contributed by atoms with Gasteiger partial charge in [-0.1, -0.05) is 29.3 Å². The van der Waals surface area contributed by atoms with E-state index >= 15 is 0 Å². The summed E-state index contributed by atoms with van der Waals surface area (Å²) in [5.41, 5.74) is 3.51. The lowest BCUT2D eigenvalue weighted by Gasteiger charge is -2.20. The highest BCUT2D eigenvalue weighted by atomic mass is 35.5. The summed E-state index contributed by atoms with van der Waals surface area (Å²) in [5, 5.41) is 6.31. The molecule has 0 bridgehead atoms. The maximum Gasteiger partial charge on any atom is 0.259 e. The highest BCUT2D eigenvalue weighted by Crippen LogP contribution is 2.34. The second kappa shape index (κ2) is 8.47. The first-order valence-corrected chi connectivity index (χ1v) is 11.5. The molecule has 5 nitrogen and oxygen atoms in total. The van der Waals surface area contributed by atoms with Crippen LogP contribution in [0.4, 0.5) is 10.7 Å². The van der Waals surface area contributed by atoms with E-state index in [2.05, 4.69) is 16.0 Å². The third-order valence-electron chi connectivity index (χ3n) is 5.38. The van der Waals surface area contributed by atoms with Crippen LogP contribution in [0.25, 0.3) is 0 Å². The second-order valence-corrected chi connectivity index (χ2v) is 9.11. The summed E-state index contributed by atoms with van der Waals surface area (Å²) in [4.78, 5) is 27.8. The molecule has 0 radical (unpaired) electrons. The number of nitrogens with zero attached hydrogens (tertiary/aromatic N) is 2. The van der Waals surface area contributed by atoms with E-state index in [1.54, 1.807) is 53.8 Å². The molecule has 1 aliphatic rings. The number of aromatic nitrogens is 1. The van der Waals surface area contributed by atoms with Crippen molar-refractivity contribution in [2.24, 2.45) is 0 Å². The van der Waals surface area contributed by atoms with Crippen LogP contribution in [-0.2, 0) is 13.1 Å². The Hall–Kier alpha value is -3.06. The first-order chi connectivity index (χ1) is 15.5. The van der Waals surface area contributed by atoms with Crippen molar-refractivity contribution < 1.29 is 9.59 Å².